The minimum absolute atomic E-state index is 0.0784. The van der Waals surface area contributed by atoms with E-state index in [1.165, 1.54) is 0 Å². The standard InChI is InChI=1S/C28H38N2O6/c1-4-35-22-9-7-19(17-23(22)33-3)25-24-26(31)20-16-18(2)6-8-21(20)36-27(24)28(32)30(25)11-5-10-29-12-14-34-15-13-29/h7,9,17-18,20-21,25H,4-6,8,10-16H2,1-3H3. The number of nitrogens with zero attached hydrogens (tertiary/aromatic N) is 2. The third-order valence-corrected chi connectivity index (χ3v) is 7.99. The number of carbonyl (C=O) groups is 2. The number of ether oxygens (including phenoxy) is 4. The largest absolute Gasteiger partial charge is 0.493 e. The minimum atomic E-state index is -0.479. The maximum atomic E-state index is 13.9. The number of morpholine rings is 1. The zero-order chi connectivity index (χ0) is 25.2. The van der Waals surface area contributed by atoms with Gasteiger partial charge in [-0.05, 0) is 56.2 Å². The molecule has 8 nitrogen and oxygen atoms in total. The Bertz CT molecular complexity index is 1020. The molecule has 4 aliphatic rings. The van der Waals surface area contributed by atoms with Gasteiger partial charge in [-0.1, -0.05) is 13.0 Å². The van der Waals surface area contributed by atoms with Crippen LogP contribution in [0.15, 0.2) is 29.5 Å². The van der Waals surface area contributed by atoms with Crippen LogP contribution in [0.5, 0.6) is 11.5 Å². The third-order valence-electron chi connectivity index (χ3n) is 7.99. The van der Waals surface area contributed by atoms with Crippen molar-refractivity contribution < 1.29 is 28.5 Å². The number of carbonyl (C=O) groups excluding carboxylic acids is 2. The van der Waals surface area contributed by atoms with Crippen molar-refractivity contribution in [3.8, 4) is 11.5 Å². The van der Waals surface area contributed by atoms with Gasteiger partial charge in [0.25, 0.3) is 5.91 Å². The monoisotopic (exact) mass is 498 g/mol. The average molecular weight is 499 g/mol. The summed E-state index contributed by atoms with van der Waals surface area (Å²) in [5.74, 6) is 1.71. The molecule has 36 heavy (non-hydrogen) atoms. The Balaban J connectivity index is 1.46. The van der Waals surface area contributed by atoms with Gasteiger partial charge >= 0.3 is 0 Å². The van der Waals surface area contributed by atoms with Crippen LogP contribution >= 0.6 is 0 Å². The number of hydrogen-bond donors (Lipinski definition) is 0. The van der Waals surface area contributed by atoms with E-state index >= 15 is 0 Å². The van der Waals surface area contributed by atoms with E-state index in [4.69, 9.17) is 18.9 Å². The van der Waals surface area contributed by atoms with Crippen LogP contribution in [0.2, 0.25) is 0 Å². The Hall–Kier alpha value is -2.58. The summed E-state index contributed by atoms with van der Waals surface area (Å²) < 4.78 is 23.1. The summed E-state index contributed by atoms with van der Waals surface area (Å²) in [4.78, 5) is 31.8. The Morgan fingerprint density at radius 2 is 1.89 bits per heavy atom. The van der Waals surface area contributed by atoms with Crippen LogP contribution in [-0.4, -0.2) is 80.7 Å². The second kappa shape index (κ2) is 10.8. The third kappa shape index (κ3) is 4.73. The van der Waals surface area contributed by atoms with Crippen molar-refractivity contribution in [2.24, 2.45) is 11.8 Å². The van der Waals surface area contributed by atoms with E-state index < -0.39 is 6.04 Å². The molecule has 1 saturated heterocycles. The fourth-order valence-corrected chi connectivity index (χ4v) is 6.12. The minimum Gasteiger partial charge on any atom is -0.493 e. The van der Waals surface area contributed by atoms with Crippen molar-refractivity contribution in [3.63, 3.8) is 0 Å². The van der Waals surface area contributed by atoms with Gasteiger partial charge in [-0.3, -0.25) is 14.5 Å². The molecule has 5 rings (SSSR count). The molecule has 196 valence electrons. The molecule has 8 heteroatoms. The molecule has 4 atom stereocenters. The highest BCUT2D eigenvalue weighted by Gasteiger charge is 2.52. The second-order valence-corrected chi connectivity index (χ2v) is 10.3. The normalized spacial score (nSPS) is 28.6. The zero-order valence-electron chi connectivity index (χ0n) is 21.7. The Morgan fingerprint density at radius 1 is 1.08 bits per heavy atom. The van der Waals surface area contributed by atoms with Crippen LogP contribution in [-0.2, 0) is 19.1 Å². The average Bonchev–Trinajstić information content (AvgIpc) is 3.17. The van der Waals surface area contributed by atoms with Crippen LogP contribution in [0.25, 0.3) is 0 Å². The lowest BCUT2D eigenvalue weighted by Gasteiger charge is -2.37. The number of methoxy groups -OCH3 is 1. The number of benzene rings is 1. The highest BCUT2D eigenvalue weighted by Crippen LogP contribution is 2.48. The van der Waals surface area contributed by atoms with E-state index in [1.807, 2.05) is 30.0 Å². The van der Waals surface area contributed by atoms with Gasteiger partial charge in [0.2, 0.25) is 0 Å². The van der Waals surface area contributed by atoms with Crippen LogP contribution in [0.1, 0.15) is 51.1 Å². The van der Waals surface area contributed by atoms with Gasteiger partial charge in [0, 0.05) is 26.2 Å². The molecule has 1 saturated carbocycles. The van der Waals surface area contributed by atoms with Crippen LogP contribution < -0.4 is 9.47 Å². The van der Waals surface area contributed by atoms with Crippen molar-refractivity contribution in [1.82, 2.24) is 9.80 Å². The van der Waals surface area contributed by atoms with Gasteiger partial charge in [-0.25, -0.2) is 0 Å². The molecule has 1 aromatic rings. The summed E-state index contributed by atoms with van der Waals surface area (Å²) in [5.41, 5.74) is 1.37. The highest BCUT2D eigenvalue weighted by molar-refractivity contribution is 6.11. The Morgan fingerprint density at radius 3 is 2.64 bits per heavy atom. The highest BCUT2D eigenvalue weighted by atomic mass is 16.5. The van der Waals surface area contributed by atoms with Crippen molar-refractivity contribution >= 4 is 11.7 Å². The molecule has 1 aromatic carbocycles. The second-order valence-electron chi connectivity index (χ2n) is 10.3. The summed E-state index contributed by atoms with van der Waals surface area (Å²) >= 11 is 0. The number of hydrogen-bond acceptors (Lipinski definition) is 7. The molecule has 0 N–H and O–H groups in total. The Kier molecular flexibility index (Phi) is 7.53. The van der Waals surface area contributed by atoms with Gasteiger partial charge in [0.05, 0.1) is 44.5 Å². The molecule has 1 aliphatic carbocycles. The van der Waals surface area contributed by atoms with Gasteiger partial charge in [0.15, 0.2) is 23.0 Å². The first-order chi connectivity index (χ1) is 17.5. The molecule has 4 unspecified atom stereocenters. The first-order valence-corrected chi connectivity index (χ1v) is 13.4. The molecule has 0 spiro atoms. The van der Waals surface area contributed by atoms with Crippen molar-refractivity contribution in [2.75, 3.05) is 53.1 Å². The molecule has 1 amide bonds. The number of ketones is 1. The lowest BCUT2D eigenvalue weighted by molar-refractivity contribution is -0.136. The number of rotatable bonds is 8. The molecule has 2 fully saturated rings. The van der Waals surface area contributed by atoms with Crippen molar-refractivity contribution in [3.05, 3.63) is 35.1 Å². The van der Waals surface area contributed by atoms with E-state index in [9.17, 15) is 9.59 Å². The van der Waals surface area contributed by atoms with Gasteiger partial charge in [-0.2, -0.15) is 0 Å². The van der Waals surface area contributed by atoms with E-state index in [0.717, 1.165) is 64.1 Å². The van der Waals surface area contributed by atoms with Gasteiger partial charge in [-0.15, -0.1) is 0 Å². The summed E-state index contributed by atoms with van der Waals surface area (Å²) in [5, 5.41) is 0. The quantitative estimate of drug-likeness (QED) is 0.544. The lowest BCUT2D eigenvalue weighted by Crippen LogP contribution is -2.41. The van der Waals surface area contributed by atoms with Crippen LogP contribution in [0.3, 0.4) is 0 Å². The maximum Gasteiger partial charge on any atom is 0.290 e. The van der Waals surface area contributed by atoms with E-state index in [1.54, 1.807) is 7.11 Å². The number of fused-ring (bicyclic) bond motifs is 1. The smallest absolute Gasteiger partial charge is 0.290 e. The predicted molar refractivity (Wildman–Crippen MR) is 134 cm³/mol. The number of amides is 1. The fourth-order valence-electron chi connectivity index (χ4n) is 6.12. The fraction of sp³-hybridized carbons (Fsp3) is 0.643. The molecular weight excluding hydrogens is 460 g/mol. The summed E-state index contributed by atoms with van der Waals surface area (Å²) in [6.07, 6.45) is 3.27. The summed E-state index contributed by atoms with van der Waals surface area (Å²) in [6, 6.07) is 5.23. The molecule has 0 bridgehead atoms. The molecule has 3 heterocycles. The van der Waals surface area contributed by atoms with Crippen molar-refractivity contribution in [1.29, 1.82) is 0 Å². The van der Waals surface area contributed by atoms with Crippen LogP contribution in [0, 0.1) is 11.8 Å². The van der Waals surface area contributed by atoms with E-state index in [-0.39, 0.29) is 29.5 Å². The summed E-state index contributed by atoms with van der Waals surface area (Å²) in [6.45, 7) is 9.38. The molecule has 3 aliphatic heterocycles. The van der Waals surface area contributed by atoms with Crippen LogP contribution in [0.4, 0.5) is 0 Å². The van der Waals surface area contributed by atoms with E-state index in [0.29, 0.717) is 36.1 Å². The SMILES string of the molecule is CCOc1ccc(C2C3=C(OC4CCC(C)CC4C3=O)C(=O)N2CCCN2CCOCC2)cc1OC. The first kappa shape index (κ1) is 25.1. The van der Waals surface area contributed by atoms with Gasteiger partial charge < -0.3 is 23.8 Å². The first-order valence-electron chi connectivity index (χ1n) is 13.4. The molecule has 0 aromatic heterocycles. The molecular formula is C28H38N2O6. The topological polar surface area (TPSA) is 77.5 Å². The van der Waals surface area contributed by atoms with Crippen molar-refractivity contribution in [2.45, 2.75) is 51.7 Å². The van der Waals surface area contributed by atoms with E-state index in [2.05, 4.69) is 11.8 Å². The lowest BCUT2D eigenvalue weighted by atomic mass is 9.74. The number of Topliss-reactive ketones (excluding diaryl/α,β-unsaturated/α-hetero) is 1. The predicted octanol–water partition coefficient (Wildman–Crippen LogP) is 3.36. The maximum absolute atomic E-state index is 13.9. The van der Waals surface area contributed by atoms with Gasteiger partial charge in [0.1, 0.15) is 6.10 Å². The Labute approximate surface area is 213 Å². The molecule has 0 radical (unpaired) electrons. The summed E-state index contributed by atoms with van der Waals surface area (Å²) in [7, 11) is 1.61. The zero-order valence-corrected chi connectivity index (χ0v) is 21.7.